The van der Waals surface area contributed by atoms with Gasteiger partial charge in [0.25, 0.3) is 0 Å². The molecule has 0 atom stereocenters. The summed E-state index contributed by atoms with van der Waals surface area (Å²) in [7, 11) is -3.34. The van der Waals surface area contributed by atoms with Gasteiger partial charge in [-0.2, -0.15) is 0 Å². The SMILES string of the molecule is CC1(C)OC(c2ccc(S(C)(=O)=O)cc2)=C(c2cc(O)cc(O)c2)C1=O. The molecule has 2 aromatic carbocycles. The van der Waals surface area contributed by atoms with Crippen LogP contribution in [0.15, 0.2) is 47.4 Å². The van der Waals surface area contributed by atoms with Crippen molar-refractivity contribution >= 4 is 27.0 Å². The van der Waals surface area contributed by atoms with E-state index < -0.39 is 15.4 Å². The van der Waals surface area contributed by atoms with Gasteiger partial charge >= 0.3 is 0 Å². The molecule has 6 nitrogen and oxygen atoms in total. The van der Waals surface area contributed by atoms with Crippen molar-refractivity contribution in [2.45, 2.75) is 24.3 Å². The van der Waals surface area contributed by atoms with Gasteiger partial charge in [-0.1, -0.05) is 0 Å². The van der Waals surface area contributed by atoms with E-state index in [0.29, 0.717) is 11.1 Å². The van der Waals surface area contributed by atoms with Gasteiger partial charge in [-0.15, -0.1) is 0 Å². The fraction of sp³-hybridized carbons (Fsp3) is 0.211. The van der Waals surface area contributed by atoms with E-state index >= 15 is 0 Å². The van der Waals surface area contributed by atoms with Crippen LogP contribution in [0.2, 0.25) is 0 Å². The largest absolute Gasteiger partial charge is 0.508 e. The number of Topliss-reactive ketones (excluding diaryl/α,β-unsaturated/α-hetero) is 1. The Kier molecular flexibility index (Phi) is 4.07. The van der Waals surface area contributed by atoms with E-state index in [1.165, 1.54) is 24.3 Å². The molecule has 2 N–H and O–H groups in total. The van der Waals surface area contributed by atoms with Gasteiger partial charge in [-0.3, -0.25) is 4.79 Å². The second kappa shape index (κ2) is 5.88. The van der Waals surface area contributed by atoms with Crippen LogP contribution in [0.5, 0.6) is 11.5 Å². The van der Waals surface area contributed by atoms with Gasteiger partial charge in [0.05, 0.1) is 10.5 Å². The maximum Gasteiger partial charge on any atom is 0.210 e. The first kappa shape index (κ1) is 18.0. The average molecular weight is 374 g/mol. The second-order valence-corrected chi connectivity index (χ2v) is 8.70. The number of ether oxygens (including phenoxy) is 1. The highest BCUT2D eigenvalue weighted by Crippen LogP contribution is 2.42. The molecule has 0 spiro atoms. The maximum absolute atomic E-state index is 12.8. The van der Waals surface area contributed by atoms with Gasteiger partial charge in [0.2, 0.25) is 5.78 Å². The number of benzene rings is 2. The molecule has 0 aromatic heterocycles. The van der Waals surface area contributed by atoms with Gasteiger partial charge < -0.3 is 14.9 Å². The molecule has 3 rings (SSSR count). The Labute approximate surface area is 151 Å². The van der Waals surface area contributed by atoms with E-state index in [9.17, 15) is 23.4 Å². The zero-order chi connectivity index (χ0) is 19.3. The molecule has 1 heterocycles. The van der Waals surface area contributed by atoms with Crippen molar-refractivity contribution in [3.8, 4) is 11.5 Å². The Morgan fingerprint density at radius 2 is 1.46 bits per heavy atom. The number of ketones is 1. The van der Waals surface area contributed by atoms with Crippen molar-refractivity contribution in [2.24, 2.45) is 0 Å². The number of hydrogen-bond acceptors (Lipinski definition) is 6. The third-order valence-corrected chi connectivity index (χ3v) is 5.22. The molecule has 0 bridgehead atoms. The van der Waals surface area contributed by atoms with Crippen LogP contribution in [0.4, 0.5) is 0 Å². The van der Waals surface area contributed by atoms with Crippen LogP contribution in [0.3, 0.4) is 0 Å². The summed E-state index contributed by atoms with van der Waals surface area (Å²) >= 11 is 0. The highest BCUT2D eigenvalue weighted by atomic mass is 32.2. The van der Waals surface area contributed by atoms with Crippen molar-refractivity contribution in [1.82, 2.24) is 0 Å². The van der Waals surface area contributed by atoms with Crippen molar-refractivity contribution in [2.75, 3.05) is 6.26 Å². The van der Waals surface area contributed by atoms with E-state index in [0.717, 1.165) is 12.3 Å². The normalized spacial score (nSPS) is 16.7. The number of rotatable bonds is 3. The molecule has 1 aliphatic rings. The lowest BCUT2D eigenvalue weighted by atomic mass is 9.92. The van der Waals surface area contributed by atoms with Crippen LogP contribution in [0, 0.1) is 0 Å². The summed E-state index contributed by atoms with van der Waals surface area (Å²) in [5, 5.41) is 19.5. The summed E-state index contributed by atoms with van der Waals surface area (Å²) in [5.74, 6) is -0.400. The number of phenols is 2. The molecule has 0 aliphatic carbocycles. The average Bonchev–Trinajstić information content (AvgIpc) is 2.76. The predicted octanol–water partition coefficient (Wildman–Crippen LogP) is 2.75. The van der Waals surface area contributed by atoms with Gasteiger partial charge in [0.1, 0.15) is 17.3 Å². The first-order chi connectivity index (χ1) is 12.0. The van der Waals surface area contributed by atoms with E-state index in [-0.39, 0.29) is 33.5 Å². The lowest BCUT2D eigenvalue weighted by Gasteiger charge is -2.17. The highest BCUT2D eigenvalue weighted by Gasteiger charge is 2.43. The van der Waals surface area contributed by atoms with Gasteiger partial charge in [0.15, 0.2) is 15.4 Å². The number of carbonyl (C=O) groups is 1. The Morgan fingerprint density at radius 1 is 0.923 bits per heavy atom. The summed E-state index contributed by atoms with van der Waals surface area (Å²) in [4.78, 5) is 13.0. The number of phenolic OH excluding ortho intramolecular Hbond substituents is 2. The predicted molar refractivity (Wildman–Crippen MR) is 96.3 cm³/mol. The van der Waals surface area contributed by atoms with Crippen molar-refractivity contribution < 1.29 is 28.2 Å². The number of hydrogen-bond donors (Lipinski definition) is 2. The standard InChI is InChI=1S/C19H18O6S/c1-19(2)18(22)16(12-8-13(20)10-14(21)9-12)17(25-19)11-4-6-15(7-5-11)26(3,23)24/h4-10,20-21H,1-3H3. The minimum atomic E-state index is -3.34. The molecule has 1 aliphatic heterocycles. The molecule has 26 heavy (non-hydrogen) atoms. The number of carbonyl (C=O) groups excluding carboxylic acids is 1. The fourth-order valence-corrected chi connectivity index (χ4v) is 3.45. The smallest absolute Gasteiger partial charge is 0.210 e. The van der Waals surface area contributed by atoms with E-state index in [4.69, 9.17) is 4.74 Å². The lowest BCUT2D eigenvalue weighted by Crippen LogP contribution is -2.29. The van der Waals surface area contributed by atoms with Gasteiger partial charge in [0, 0.05) is 17.9 Å². The minimum absolute atomic E-state index is 0.155. The molecular formula is C19H18O6S. The van der Waals surface area contributed by atoms with Crippen LogP contribution in [0.1, 0.15) is 25.0 Å². The topological polar surface area (TPSA) is 101 Å². The Bertz CT molecular complexity index is 1010. The Balaban J connectivity index is 2.20. The molecule has 0 radical (unpaired) electrons. The summed E-state index contributed by atoms with van der Waals surface area (Å²) in [6.45, 7) is 3.24. The fourth-order valence-electron chi connectivity index (χ4n) is 2.82. The quantitative estimate of drug-likeness (QED) is 0.857. The molecule has 0 fully saturated rings. The zero-order valence-electron chi connectivity index (χ0n) is 14.5. The molecule has 2 aromatic rings. The minimum Gasteiger partial charge on any atom is -0.508 e. The van der Waals surface area contributed by atoms with E-state index in [1.807, 2.05) is 0 Å². The number of aromatic hydroxyl groups is 2. The molecule has 0 amide bonds. The van der Waals surface area contributed by atoms with Crippen LogP contribution in [-0.4, -0.2) is 36.3 Å². The highest BCUT2D eigenvalue weighted by molar-refractivity contribution is 7.90. The maximum atomic E-state index is 12.8. The number of sulfone groups is 1. The third-order valence-electron chi connectivity index (χ3n) is 4.09. The Hall–Kier alpha value is -2.80. The van der Waals surface area contributed by atoms with Crippen molar-refractivity contribution in [3.63, 3.8) is 0 Å². The summed E-state index contributed by atoms with van der Waals surface area (Å²) in [6, 6.07) is 9.89. The van der Waals surface area contributed by atoms with Crippen LogP contribution in [-0.2, 0) is 19.4 Å². The van der Waals surface area contributed by atoms with Crippen LogP contribution >= 0.6 is 0 Å². The third kappa shape index (κ3) is 3.17. The van der Waals surface area contributed by atoms with Gasteiger partial charge in [-0.05, 0) is 55.8 Å². The molecular weight excluding hydrogens is 356 g/mol. The van der Waals surface area contributed by atoms with Crippen molar-refractivity contribution in [3.05, 3.63) is 53.6 Å². The Morgan fingerprint density at radius 3 is 1.96 bits per heavy atom. The summed E-state index contributed by atoms with van der Waals surface area (Å²) < 4.78 is 29.1. The lowest BCUT2D eigenvalue weighted by molar-refractivity contribution is -0.125. The molecule has 0 saturated carbocycles. The summed E-state index contributed by atoms with van der Waals surface area (Å²) in [5.41, 5.74) is -0.0657. The molecule has 0 unspecified atom stereocenters. The van der Waals surface area contributed by atoms with E-state index in [1.54, 1.807) is 26.0 Å². The first-order valence-corrected chi connectivity index (χ1v) is 9.70. The zero-order valence-corrected chi connectivity index (χ0v) is 15.3. The monoisotopic (exact) mass is 374 g/mol. The second-order valence-electron chi connectivity index (χ2n) is 6.68. The first-order valence-electron chi connectivity index (χ1n) is 7.81. The van der Waals surface area contributed by atoms with Crippen LogP contribution < -0.4 is 0 Å². The van der Waals surface area contributed by atoms with E-state index in [2.05, 4.69) is 0 Å². The molecule has 7 heteroatoms. The molecule has 0 saturated heterocycles. The van der Waals surface area contributed by atoms with Crippen molar-refractivity contribution in [1.29, 1.82) is 0 Å². The molecule has 136 valence electrons. The summed E-state index contributed by atoms with van der Waals surface area (Å²) in [6.07, 6.45) is 1.11. The van der Waals surface area contributed by atoms with Crippen LogP contribution in [0.25, 0.3) is 11.3 Å². The van der Waals surface area contributed by atoms with Gasteiger partial charge in [-0.25, -0.2) is 8.42 Å².